The first-order valence-electron chi connectivity index (χ1n) is 18.1. The highest BCUT2D eigenvalue weighted by atomic mass is 16.6. The Morgan fingerprint density at radius 1 is 0.940 bits per heavy atom. The number of benzene rings is 3. The van der Waals surface area contributed by atoms with Crippen molar-refractivity contribution >= 4 is 22.7 Å². The molecule has 3 aromatic carbocycles. The lowest BCUT2D eigenvalue weighted by molar-refractivity contribution is 0.0563. The summed E-state index contributed by atoms with van der Waals surface area (Å²) in [7, 11) is 2.21. The van der Waals surface area contributed by atoms with Gasteiger partial charge in [-0.2, -0.15) is 0 Å². The SMILES string of the molecule is CN(CCC1CCC(NC[C@H](O)c2ccc(O)c3[nH]c(=O)ccc23)CC1)CCN1CCC(OC(=O)Nc2ccccc2-c2ccccc2)CC1. The predicted octanol–water partition coefficient (Wildman–Crippen LogP) is 6.12. The van der Waals surface area contributed by atoms with Gasteiger partial charge < -0.3 is 35.1 Å². The molecule has 0 radical (unpaired) electrons. The van der Waals surface area contributed by atoms with Crippen LogP contribution in [-0.2, 0) is 4.74 Å². The average Bonchev–Trinajstić information content (AvgIpc) is 3.14. The van der Waals surface area contributed by atoms with Crippen molar-refractivity contribution in [1.82, 2.24) is 20.1 Å². The van der Waals surface area contributed by atoms with Gasteiger partial charge in [-0.05, 0) is 93.8 Å². The zero-order chi connectivity index (χ0) is 34.9. The van der Waals surface area contributed by atoms with E-state index < -0.39 is 12.2 Å². The van der Waals surface area contributed by atoms with Gasteiger partial charge in [-0.25, -0.2) is 4.79 Å². The molecule has 0 unspecified atom stereocenters. The predicted molar refractivity (Wildman–Crippen MR) is 198 cm³/mol. The minimum Gasteiger partial charge on any atom is -0.506 e. The van der Waals surface area contributed by atoms with Crippen LogP contribution in [0, 0.1) is 5.92 Å². The number of carbonyl (C=O) groups is 1. The highest BCUT2D eigenvalue weighted by molar-refractivity contribution is 5.91. The fraction of sp³-hybridized carbons (Fsp3) is 0.450. The molecule has 10 nitrogen and oxygen atoms in total. The Hall–Kier alpha value is -4.22. The summed E-state index contributed by atoms with van der Waals surface area (Å²) in [5, 5.41) is 28.2. The number of anilines is 1. The van der Waals surface area contributed by atoms with Crippen molar-refractivity contribution in [3.63, 3.8) is 0 Å². The number of nitrogens with zero attached hydrogens (tertiary/aromatic N) is 2. The van der Waals surface area contributed by atoms with Crippen LogP contribution >= 0.6 is 0 Å². The quantitative estimate of drug-likeness (QED) is 0.114. The van der Waals surface area contributed by atoms with Gasteiger partial charge in [0.2, 0.25) is 5.56 Å². The number of piperidine rings is 1. The van der Waals surface area contributed by atoms with Crippen LogP contribution in [0.1, 0.15) is 56.6 Å². The van der Waals surface area contributed by atoms with Gasteiger partial charge in [-0.3, -0.25) is 10.1 Å². The number of pyridine rings is 1. The summed E-state index contributed by atoms with van der Waals surface area (Å²) in [6.45, 7) is 5.42. The van der Waals surface area contributed by atoms with Crippen LogP contribution in [0.5, 0.6) is 5.75 Å². The number of para-hydroxylation sites is 1. The molecule has 266 valence electrons. The second-order valence-electron chi connectivity index (χ2n) is 14.0. The van der Waals surface area contributed by atoms with E-state index in [1.54, 1.807) is 12.1 Å². The highest BCUT2D eigenvalue weighted by Gasteiger charge is 2.25. The maximum atomic E-state index is 12.8. The molecule has 1 saturated heterocycles. The van der Waals surface area contributed by atoms with E-state index in [9.17, 15) is 19.8 Å². The molecule has 1 saturated carbocycles. The van der Waals surface area contributed by atoms with E-state index in [-0.39, 0.29) is 17.4 Å². The number of rotatable bonds is 13. The number of hydrogen-bond donors (Lipinski definition) is 5. The fourth-order valence-electron chi connectivity index (χ4n) is 7.42. The number of fused-ring (bicyclic) bond motifs is 1. The summed E-state index contributed by atoms with van der Waals surface area (Å²) >= 11 is 0. The van der Waals surface area contributed by atoms with Crippen LogP contribution in [0.2, 0.25) is 0 Å². The number of likely N-dealkylation sites (tertiary alicyclic amines) is 1. The zero-order valence-electron chi connectivity index (χ0n) is 29.0. The topological polar surface area (TPSA) is 130 Å². The lowest BCUT2D eigenvalue weighted by Crippen LogP contribution is -2.42. The summed E-state index contributed by atoms with van der Waals surface area (Å²) in [6.07, 6.45) is 6.25. The van der Waals surface area contributed by atoms with E-state index >= 15 is 0 Å². The van der Waals surface area contributed by atoms with Gasteiger partial charge in [0.25, 0.3) is 0 Å². The maximum Gasteiger partial charge on any atom is 0.411 e. The van der Waals surface area contributed by atoms with Crippen molar-refractivity contribution in [2.24, 2.45) is 5.92 Å². The molecule has 10 heteroatoms. The van der Waals surface area contributed by atoms with Crippen LogP contribution in [0.15, 0.2) is 83.7 Å². The number of aromatic hydroxyl groups is 1. The molecular formula is C40H51N5O5. The number of phenolic OH excluding ortho intramolecular Hbond substituents is 1. The van der Waals surface area contributed by atoms with Crippen LogP contribution in [-0.4, -0.2) is 89.6 Å². The second kappa shape index (κ2) is 17.1. The molecule has 5 N–H and O–H groups in total. The van der Waals surface area contributed by atoms with Crippen molar-refractivity contribution in [2.45, 2.75) is 63.2 Å². The molecule has 2 aliphatic rings. The van der Waals surface area contributed by atoms with Gasteiger partial charge in [-0.1, -0.05) is 54.6 Å². The number of aliphatic hydroxyl groups is 1. The van der Waals surface area contributed by atoms with E-state index in [0.717, 1.165) is 81.1 Å². The van der Waals surface area contributed by atoms with E-state index in [1.807, 2.05) is 54.6 Å². The Balaban J connectivity index is 0.840. The summed E-state index contributed by atoms with van der Waals surface area (Å²) in [6, 6.07) is 24.6. The first kappa shape index (κ1) is 35.6. The van der Waals surface area contributed by atoms with Gasteiger partial charge in [0, 0.05) is 55.8 Å². The van der Waals surface area contributed by atoms with Crippen LogP contribution < -0.4 is 16.2 Å². The van der Waals surface area contributed by atoms with Gasteiger partial charge in [0.1, 0.15) is 11.9 Å². The summed E-state index contributed by atoms with van der Waals surface area (Å²) in [4.78, 5) is 32.1. The molecule has 0 spiro atoms. The van der Waals surface area contributed by atoms with Crippen molar-refractivity contribution in [3.8, 4) is 16.9 Å². The van der Waals surface area contributed by atoms with Crippen molar-refractivity contribution < 1.29 is 19.7 Å². The number of carbonyl (C=O) groups excluding carboxylic acids is 1. The number of hydrogen-bond acceptors (Lipinski definition) is 8. The zero-order valence-corrected chi connectivity index (χ0v) is 29.0. The van der Waals surface area contributed by atoms with Crippen LogP contribution in [0.3, 0.4) is 0 Å². The number of nitrogens with one attached hydrogen (secondary N) is 3. The first-order valence-corrected chi connectivity index (χ1v) is 18.1. The minimum absolute atomic E-state index is 0.000901. The molecule has 4 aromatic rings. The van der Waals surface area contributed by atoms with Crippen LogP contribution in [0.4, 0.5) is 10.5 Å². The molecule has 2 fully saturated rings. The van der Waals surface area contributed by atoms with Crippen molar-refractivity contribution in [3.05, 3.63) is 94.8 Å². The third-order valence-corrected chi connectivity index (χ3v) is 10.5. The average molecular weight is 682 g/mol. The monoisotopic (exact) mass is 681 g/mol. The fourth-order valence-corrected chi connectivity index (χ4v) is 7.42. The largest absolute Gasteiger partial charge is 0.506 e. The molecule has 1 aliphatic heterocycles. The molecular weight excluding hydrogens is 630 g/mol. The number of amides is 1. The Kier molecular flexibility index (Phi) is 12.2. The normalized spacial score (nSPS) is 19.4. The van der Waals surface area contributed by atoms with Gasteiger partial charge >= 0.3 is 6.09 Å². The number of phenols is 1. The molecule has 6 rings (SSSR count). The summed E-state index contributed by atoms with van der Waals surface area (Å²) in [5.41, 5.74) is 3.55. The number of ether oxygens (including phenoxy) is 1. The molecule has 50 heavy (non-hydrogen) atoms. The first-order chi connectivity index (χ1) is 24.3. The minimum atomic E-state index is -0.735. The van der Waals surface area contributed by atoms with E-state index in [4.69, 9.17) is 4.74 Å². The second-order valence-corrected chi connectivity index (χ2v) is 14.0. The third-order valence-electron chi connectivity index (χ3n) is 10.5. The number of aromatic nitrogens is 1. The van der Waals surface area contributed by atoms with E-state index in [2.05, 4.69) is 32.5 Å². The van der Waals surface area contributed by atoms with Gasteiger partial charge in [0.15, 0.2) is 0 Å². The lowest BCUT2D eigenvalue weighted by Gasteiger charge is -2.33. The number of likely N-dealkylation sites (N-methyl/N-ethyl adjacent to an activating group) is 1. The summed E-state index contributed by atoms with van der Waals surface area (Å²) < 4.78 is 5.82. The maximum absolute atomic E-state index is 12.8. The molecule has 2 heterocycles. The molecule has 1 amide bonds. The standard InChI is InChI=1S/C40H51N5O5/c1-44(22-19-28-11-13-30(14-12-28)41-27-37(47)33-15-17-36(46)39-34(33)16-18-38(48)43-39)25-26-45-23-20-31(21-24-45)50-40(49)42-35-10-6-5-9-32(35)29-7-3-2-4-8-29/h2-10,15-18,28,30-31,37,41,46-47H,11-14,19-27H2,1H3,(H,42,49)(H,43,48)/t28?,30?,37-/m0/s1. The number of H-pyrrole nitrogens is 1. The van der Waals surface area contributed by atoms with Crippen molar-refractivity contribution in [2.75, 3.05) is 51.6 Å². The Labute approximate surface area is 294 Å². The molecule has 1 aliphatic carbocycles. The smallest absolute Gasteiger partial charge is 0.411 e. The van der Waals surface area contributed by atoms with Crippen LogP contribution in [0.25, 0.3) is 22.0 Å². The van der Waals surface area contributed by atoms with Gasteiger partial charge in [-0.15, -0.1) is 0 Å². The Bertz CT molecular complexity index is 1750. The third kappa shape index (κ3) is 9.51. The van der Waals surface area contributed by atoms with E-state index in [1.165, 1.54) is 31.4 Å². The number of aromatic amines is 1. The van der Waals surface area contributed by atoms with E-state index in [0.29, 0.717) is 29.1 Å². The van der Waals surface area contributed by atoms with Gasteiger partial charge in [0.05, 0.1) is 17.3 Å². The Morgan fingerprint density at radius 3 is 2.46 bits per heavy atom. The highest BCUT2D eigenvalue weighted by Crippen LogP contribution is 2.31. The lowest BCUT2D eigenvalue weighted by atomic mass is 9.84. The Morgan fingerprint density at radius 2 is 1.68 bits per heavy atom. The number of aliphatic hydroxyl groups excluding tert-OH is 1. The molecule has 0 bridgehead atoms. The molecule has 1 atom stereocenters. The molecule has 1 aromatic heterocycles. The van der Waals surface area contributed by atoms with Crippen molar-refractivity contribution in [1.29, 1.82) is 0 Å². The summed E-state index contributed by atoms with van der Waals surface area (Å²) in [5.74, 6) is 0.720.